The second-order valence-electron chi connectivity index (χ2n) is 3.02. The molecule has 0 aliphatic heterocycles. The molecule has 0 fully saturated rings. The molecule has 0 aromatic heterocycles. The fourth-order valence-corrected chi connectivity index (χ4v) is 1.55. The molecule has 15 heavy (non-hydrogen) atoms. The van der Waals surface area contributed by atoms with Crippen LogP contribution in [0.4, 0.5) is 0 Å². The zero-order valence-electron chi connectivity index (χ0n) is 8.60. The van der Waals surface area contributed by atoms with Crippen molar-refractivity contribution < 1.29 is 14.6 Å². The Morgan fingerprint density at radius 3 is 3.00 bits per heavy atom. The third-order valence-electron chi connectivity index (χ3n) is 1.84. The smallest absolute Gasteiger partial charge is 0.303 e. The summed E-state index contributed by atoms with van der Waals surface area (Å²) in [5, 5.41) is 8.43. The van der Waals surface area contributed by atoms with Crippen LogP contribution < -0.4 is 4.74 Å². The Kier molecular flexibility index (Phi) is 5.04. The minimum Gasteiger partial charge on any atom is -0.494 e. The summed E-state index contributed by atoms with van der Waals surface area (Å²) >= 11 is 1.65. The number of carboxylic acid groups (broad SMARTS) is 1. The van der Waals surface area contributed by atoms with Gasteiger partial charge in [0.15, 0.2) is 0 Å². The molecule has 3 nitrogen and oxygen atoms in total. The largest absolute Gasteiger partial charge is 0.494 e. The number of carboxylic acids is 1. The number of rotatable bonds is 6. The summed E-state index contributed by atoms with van der Waals surface area (Å²) in [4.78, 5) is 11.4. The van der Waals surface area contributed by atoms with Crippen molar-refractivity contribution >= 4 is 17.7 Å². The Bertz CT molecular complexity index is 325. The summed E-state index contributed by atoms with van der Waals surface area (Å²) in [6, 6.07) is 7.76. The predicted octanol–water partition coefficient (Wildman–Crippen LogP) is 2.65. The van der Waals surface area contributed by atoms with Gasteiger partial charge >= 0.3 is 5.97 Å². The van der Waals surface area contributed by atoms with E-state index in [2.05, 4.69) is 0 Å². The number of hydrogen-bond acceptors (Lipinski definition) is 3. The molecule has 0 heterocycles. The highest BCUT2D eigenvalue weighted by molar-refractivity contribution is 7.98. The minimum atomic E-state index is -0.781. The summed E-state index contributed by atoms with van der Waals surface area (Å²) in [5.41, 5.74) is 0. The number of ether oxygens (including phenoxy) is 1. The maximum Gasteiger partial charge on any atom is 0.303 e. The predicted molar refractivity (Wildman–Crippen MR) is 60.6 cm³/mol. The van der Waals surface area contributed by atoms with Gasteiger partial charge in [-0.1, -0.05) is 6.07 Å². The van der Waals surface area contributed by atoms with Crippen LogP contribution in [0.25, 0.3) is 0 Å². The molecule has 1 aromatic carbocycles. The lowest BCUT2D eigenvalue weighted by Crippen LogP contribution is -2.01. The fraction of sp³-hybridized carbons (Fsp3) is 0.364. The molecular formula is C11H14O3S. The van der Waals surface area contributed by atoms with E-state index < -0.39 is 5.97 Å². The second-order valence-corrected chi connectivity index (χ2v) is 3.90. The van der Waals surface area contributed by atoms with E-state index in [4.69, 9.17) is 9.84 Å². The van der Waals surface area contributed by atoms with Gasteiger partial charge in [0.25, 0.3) is 0 Å². The summed E-state index contributed by atoms with van der Waals surface area (Å²) < 4.78 is 5.42. The van der Waals surface area contributed by atoms with Gasteiger partial charge in [-0.15, -0.1) is 11.8 Å². The monoisotopic (exact) mass is 226 g/mol. The van der Waals surface area contributed by atoms with Gasteiger partial charge in [0.1, 0.15) is 5.75 Å². The number of carbonyl (C=O) groups is 1. The zero-order valence-corrected chi connectivity index (χ0v) is 9.42. The van der Waals surface area contributed by atoms with Gasteiger partial charge < -0.3 is 9.84 Å². The van der Waals surface area contributed by atoms with E-state index in [1.165, 1.54) is 0 Å². The van der Waals surface area contributed by atoms with E-state index in [-0.39, 0.29) is 6.42 Å². The molecule has 0 spiro atoms. The molecule has 0 amide bonds. The summed E-state index contributed by atoms with van der Waals surface area (Å²) in [6.07, 6.45) is 2.70. The average molecular weight is 226 g/mol. The van der Waals surface area contributed by atoms with Gasteiger partial charge in [-0.25, -0.2) is 0 Å². The van der Waals surface area contributed by atoms with Gasteiger partial charge in [0, 0.05) is 11.3 Å². The Balaban J connectivity index is 2.33. The first-order chi connectivity index (χ1) is 7.22. The molecule has 0 saturated carbocycles. The highest BCUT2D eigenvalue weighted by Crippen LogP contribution is 2.20. The van der Waals surface area contributed by atoms with Gasteiger partial charge in [0.2, 0.25) is 0 Å². The lowest BCUT2D eigenvalue weighted by atomic mass is 10.3. The van der Waals surface area contributed by atoms with Gasteiger partial charge in [-0.2, -0.15) is 0 Å². The van der Waals surface area contributed by atoms with Crippen molar-refractivity contribution in [2.75, 3.05) is 12.9 Å². The lowest BCUT2D eigenvalue weighted by Gasteiger charge is -2.05. The fourth-order valence-electron chi connectivity index (χ4n) is 1.10. The zero-order chi connectivity index (χ0) is 11.1. The van der Waals surface area contributed by atoms with E-state index >= 15 is 0 Å². The number of benzene rings is 1. The Hall–Kier alpha value is -1.16. The van der Waals surface area contributed by atoms with Crippen LogP contribution in [-0.4, -0.2) is 23.9 Å². The molecule has 0 saturated heterocycles. The summed E-state index contributed by atoms with van der Waals surface area (Å²) in [5.74, 6) is 0.0173. The van der Waals surface area contributed by atoms with E-state index in [0.717, 1.165) is 10.6 Å². The normalized spacial score (nSPS) is 9.93. The number of aliphatic carboxylic acids is 1. The highest BCUT2D eigenvalue weighted by Gasteiger charge is 1.98. The van der Waals surface area contributed by atoms with Crippen molar-refractivity contribution in [3.8, 4) is 5.75 Å². The Morgan fingerprint density at radius 1 is 1.53 bits per heavy atom. The lowest BCUT2D eigenvalue weighted by molar-refractivity contribution is -0.137. The summed E-state index contributed by atoms with van der Waals surface area (Å²) in [7, 11) is 0. The van der Waals surface area contributed by atoms with Crippen molar-refractivity contribution in [2.24, 2.45) is 0 Å². The molecule has 0 aliphatic carbocycles. The van der Waals surface area contributed by atoms with Gasteiger partial charge in [-0.05, 0) is 30.9 Å². The van der Waals surface area contributed by atoms with Crippen LogP contribution in [0.1, 0.15) is 12.8 Å². The molecule has 1 aromatic rings. The van der Waals surface area contributed by atoms with Gasteiger partial charge in [-0.3, -0.25) is 4.79 Å². The first-order valence-electron chi connectivity index (χ1n) is 4.71. The van der Waals surface area contributed by atoms with Crippen LogP contribution in [-0.2, 0) is 4.79 Å². The van der Waals surface area contributed by atoms with Crippen LogP contribution in [0.3, 0.4) is 0 Å². The Morgan fingerprint density at radius 2 is 2.33 bits per heavy atom. The van der Waals surface area contributed by atoms with Crippen LogP contribution in [0.15, 0.2) is 29.2 Å². The van der Waals surface area contributed by atoms with E-state index in [1.54, 1.807) is 11.8 Å². The van der Waals surface area contributed by atoms with Crippen LogP contribution in [0.2, 0.25) is 0 Å². The number of hydrogen-bond donors (Lipinski definition) is 1. The molecule has 1 rings (SSSR count). The van der Waals surface area contributed by atoms with Crippen molar-refractivity contribution in [3.63, 3.8) is 0 Å². The van der Waals surface area contributed by atoms with Crippen LogP contribution in [0, 0.1) is 0 Å². The van der Waals surface area contributed by atoms with E-state index in [9.17, 15) is 4.79 Å². The molecule has 0 radical (unpaired) electrons. The van der Waals surface area contributed by atoms with Gasteiger partial charge in [0.05, 0.1) is 6.61 Å². The Labute approximate surface area is 93.4 Å². The SMILES string of the molecule is CSc1cccc(OCCCC(=O)O)c1. The maximum absolute atomic E-state index is 10.3. The van der Waals surface area contributed by atoms with E-state index in [1.807, 2.05) is 30.5 Å². The molecule has 4 heteroatoms. The minimum absolute atomic E-state index is 0.155. The number of thioether (sulfide) groups is 1. The first kappa shape index (κ1) is 11.9. The second kappa shape index (κ2) is 6.35. The highest BCUT2D eigenvalue weighted by atomic mass is 32.2. The summed E-state index contributed by atoms with van der Waals surface area (Å²) in [6.45, 7) is 0.449. The van der Waals surface area contributed by atoms with Crippen molar-refractivity contribution in [3.05, 3.63) is 24.3 Å². The quantitative estimate of drug-likeness (QED) is 0.598. The third-order valence-corrected chi connectivity index (χ3v) is 2.57. The first-order valence-corrected chi connectivity index (χ1v) is 5.93. The average Bonchev–Trinajstić information content (AvgIpc) is 2.24. The maximum atomic E-state index is 10.3. The molecule has 0 unspecified atom stereocenters. The topological polar surface area (TPSA) is 46.5 Å². The molecule has 0 bridgehead atoms. The van der Waals surface area contributed by atoms with Crippen LogP contribution in [0.5, 0.6) is 5.75 Å². The van der Waals surface area contributed by atoms with Crippen molar-refractivity contribution in [2.45, 2.75) is 17.7 Å². The molecule has 1 N–H and O–H groups in total. The van der Waals surface area contributed by atoms with Crippen LogP contribution >= 0.6 is 11.8 Å². The van der Waals surface area contributed by atoms with E-state index in [0.29, 0.717) is 13.0 Å². The molecule has 82 valence electrons. The van der Waals surface area contributed by atoms with Crippen molar-refractivity contribution in [1.29, 1.82) is 0 Å². The molecule has 0 aliphatic rings. The standard InChI is InChI=1S/C11H14O3S/c1-15-10-5-2-4-9(8-10)14-7-3-6-11(12)13/h2,4-5,8H,3,6-7H2,1H3,(H,12,13). The molecule has 0 atom stereocenters. The third kappa shape index (κ3) is 4.74. The van der Waals surface area contributed by atoms with Crippen molar-refractivity contribution in [1.82, 2.24) is 0 Å². The molecular weight excluding hydrogens is 212 g/mol.